The Labute approximate surface area is 227 Å². The fourth-order valence-electron chi connectivity index (χ4n) is 4.70. The zero-order chi connectivity index (χ0) is 26.2. The summed E-state index contributed by atoms with van der Waals surface area (Å²) >= 11 is 0. The molecule has 1 saturated heterocycles. The molecule has 4 rings (SSSR count). The van der Waals surface area contributed by atoms with E-state index in [0.29, 0.717) is 48.7 Å². The van der Waals surface area contributed by atoms with Crippen LogP contribution in [-0.4, -0.2) is 70.0 Å². The zero-order valence-electron chi connectivity index (χ0n) is 21.7. The number of carbonyl (C=O) groups is 2. The maximum atomic E-state index is 13.5. The van der Waals surface area contributed by atoms with Crippen LogP contribution in [0, 0.1) is 5.41 Å². The molecule has 2 aliphatic rings. The molecule has 0 spiro atoms. The highest BCUT2D eigenvalue weighted by Gasteiger charge is 2.32. The first-order valence-corrected chi connectivity index (χ1v) is 12.3. The molecular formula is C27H35BrN4O5. The van der Waals surface area contributed by atoms with Crippen molar-refractivity contribution in [2.45, 2.75) is 58.6 Å². The van der Waals surface area contributed by atoms with Crippen LogP contribution in [0.15, 0.2) is 24.3 Å². The smallest absolute Gasteiger partial charge is 0.341 e. The van der Waals surface area contributed by atoms with Crippen molar-refractivity contribution in [2.24, 2.45) is 0 Å². The van der Waals surface area contributed by atoms with E-state index in [4.69, 9.17) is 10.1 Å². The molecule has 10 heteroatoms. The Morgan fingerprint density at radius 1 is 1.24 bits per heavy atom. The van der Waals surface area contributed by atoms with Crippen LogP contribution in [0.1, 0.15) is 67.0 Å². The molecule has 37 heavy (non-hydrogen) atoms. The molecule has 0 radical (unpaired) electrons. The number of anilines is 1. The molecule has 1 atom stereocenters. The molecule has 3 N–H and O–H groups in total. The van der Waals surface area contributed by atoms with Crippen LogP contribution in [0.4, 0.5) is 5.69 Å². The number of pyridine rings is 1. The number of benzene rings is 1. The molecule has 1 fully saturated rings. The number of aliphatic hydroxyl groups is 1. The standard InChI is InChI=1S/C27H34N4O5.BrH/c1-5-18-7-6-16-12-31(26(28)24(16)29-18)14-22(33)17-10-20(27(2,3)4)25(36-15-23(34)35)21(11-17)30-9-8-19(32)13-30;/h6-7,10-11,19,28,32H,5,8-9,12-15H2,1-4H3,(H,34,35);1H. The maximum absolute atomic E-state index is 13.5. The zero-order valence-corrected chi connectivity index (χ0v) is 23.4. The highest BCUT2D eigenvalue weighted by atomic mass is 79.9. The molecule has 3 heterocycles. The number of halogens is 1. The number of ketones is 1. The van der Waals surface area contributed by atoms with E-state index in [1.807, 2.05) is 44.7 Å². The van der Waals surface area contributed by atoms with Crippen molar-refractivity contribution in [3.63, 3.8) is 0 Å². The molecule has 2 aromatic rings. The van der Waals surface area contributed by atoms with E-state index in [2.05, 4.69) is 4.98 Å². The third kappa shape index (κ3) is 6.13. The SMILES string of the molecule is Br.CCc1ccc2c(n1)C(=N)N(CC(=O)c1cc(N3CCC(O)C3)c(OCC(=O)O)c(C(C)(C)C)c1)C2. The number of fused-ring (bicyclic) bond motifs is 1. The predicted octanol–water partition coefficient (Wildman–Crippen LogP) is 3.58. The quantitative estimate of drug-likeness (QED) is 0.408. The number of aryl methyl sites for hydroxylation is 1. The van der Waals surface area contributed by atoms with Gasteiger partial charge in [0.05, 0.1) is 18.3 Å². The maximum Gasteiger partial charge on any atom is 0.341 e. The summed E-state index contributed by atoms with van der Waals surface area (Å²) in [6.07, 6.45) is 0.857. The van der Waals surface area contributed by atoms with Gasteiger partial charge in [-0.1, -0.05) is 33.8 Å². The highest BCUT2D eigenvalue weighted by Crippen LogP contribution is 2.41. The van der Waals surface area contributed by atoms with E-state index in [-0.39, 0.29) is 35.1 Å². The van der Waals surface area contributed by atoms with Gasteiger partial charge < -0.3 is 24.7 Å². The Kier molecular flexibility index (Phi) is 8.64. The van der Waals surface area contributed by atoms with Crippen molar-refractivity contribution in [3.05, 3.63) is 52.3 Å². The molecule has 1 unspecified atom stereocenters. The average molecular weight is 576 g/mol. The number of carboxylic acids is 1. The van der Waals surface area contributed by atoms with E-state index in [9.17, 15) is 19.8 Å². The molecule has 1 aromatic carbocycles. The van der Waals surface area contributed by atoms with E-state index in [1.54, 1.807) is 17.0 Å². The lowest BCUT2D eigenvalue weighted by Crippen LogP contribution is -2.31. The van der Waals surface area contributed by atoms with Gasteiger partial charge in [0.25, 0.3) is 0 Å². The van der Waals surface area contributed by atoms with Crippen molar-refractivity contribution in [1.29, 1.82) is 5.41 Å². The summed E-state index contributed by atoms with van der Waals surface area (Å²) < 4.78 is 5.77. The van der Waals surface area contributed by atoms with E-state index in [0.717, 1.165) is 23.2 Å². The molecule has 0 amide bonds. The molecule has 0 bridgehead atoms. The highest BCUT2D eigenvalue weighted by molar-refractivity contribution is 8.93. The number of carbonyl (C=O) groups excluding carboxylic acids is 1. The Hall–Kier alpha value is -2.98. The molecule has 0 saturated carbocycles. The van der Waals surface area contributed by atoms with Gasteiger partial charge in [0.15, 0.2) is 12.4 Å². The number of hydrogen-bond donors (Lipinski definition) is 3. The summed E-state index contributed by atoms with van der Waals surface area (Å²) in [6.45, 7) is 8.89. The van der Waals surface area contributed by atoms with Crippen molar-refractivity contribution in [2.75, 3.05) is 31.1 Å². The van der Waals surface area contributed by atoms with Crippen LogP contribution >= 0.6 is 17.0 Å². The molecule has 9 nitrogen and oxygen atoms in total. The summed E-state index contributed by atoms with van der Waals surface area (Å²) in [5.74, 6) is -0.573. The van der Waals surface area contributed by atoms with Crippen LogP contribution in [0.3, 0.4) is 0 Å². The van der Waals surface area contributed by atoms with Crippen molar-refractivity contribution in [3.8, 4) is 5.75 Å². The molecule has 200 valence electrons. The minimum atomic E-state index is -1.09. The summed E-state index contributed by atoms with van der Waals surface area (Å²) in [4.78, 5) is 33.1. The number of nitrogens with zero attached hydrogens (tertiary/aromatic N) is 3. The fourth-order valence-corrected chi connectivity index (χ4v) is 4.70. The number of aromatic nitrogens is 1. The fraction of sp³-hybridized carbons (Fsp3) is 0.481. The Morgan fingerprint density at radius 2 is 1.97 bits per heavy atom. The largest absolute Gasteiger partial charge is 0.479 e. The lowest BCUT2D eigenvalue weighted by molar-refractivity contribution is -0.139. The van der Waals surface area contributed by atoms with E-state index in [1.165, 1.54) is 0 Å². The number of aliphatic carboxylic acids is 1. The predicted molar refractivity (Wildman–Crippen MR) is 147 cm³/mol. The van der Waals surface area contributed by atoms with E-state index >= 15 is 0 Å². The Bertz CT molecular complexity index is 1210. The monoisotopic (exact) mass is 574 g/mol. The number of ether oxygens (including phenoxy) is 1. The number of carboxylic acid groups (broad SMARTS) is 1. The van der Waals surface area contributed by atoms with Gasteiger partial charge in [-0.05, 0) is 36.5 Å². The van der Waals surface area contributed by atoms with Gasteiger partial charge >= 0.3 is 5.97 Å². The first-order chi connectivity index (χ1) is 17.0. The number of amidine groups is 1. The third-order valence-electron chi connectivity index (χ3n) is 6.68. The normalized spacial score (nSPS) is 17.0. The second-order valence-electron chi connectivity index (χ2n) is 10.5. The number of nitrogens with one attached hydrogen (secondary N) is 1. The van der Waals surface area contributed by atoms with Gasteiger partial charge in [0.2, 0.25) is 0 Å². The van der Waals surface area contributed by atoms with Crippen LogP contribution in [-0.2, 0) is 23.2 Å². The van der Waals surface area contributed by atoms with Crippen molar-refractivity contribution >= 4 is 40.3 Å². The summed E-state index contributed by atoms with van der Waals surface area (Å²) in [7, 11) is 0. The van der Waals surface area contributed by atoms with Gasteiger partial charge in [-0.3, -0.25) is 10.2 Å². The summed E-state index contributed by atoms with van der Waals surface area (Å²) in [6, 6.07) is 7.44. The third-order valence-corrected chi connectivity index (χ3v) is 6.68. The van der Waals surface area contributed by atoms with Gasteiger partial charge in [-0.2, -0.15) is 0 Å². The van der Waals surface area contributed by atoms with Crippen molar-refractivity contribution < 1.29 is 24.5 Å². The van der Waals surface area contributed by atoms with Gasteiger partial charge in [0, 0.05) is 42.0 Å². The van der Waals surface area contributed by atoms with Crippen molar-refractivity contribution in [1.82, 2.24) is 9.88 Å². The molecule has 2 aliphatic heterocycles. The Balaban J connectivity index is 0.00000380. The van der Waals surface area contributed by atoms with Gasteiger partial charge in [0.1, 0.15) is 17.3 Å². The van der Waals surface area contributed by atoms with Crippen LogP contribution in [0.25, 0.3) is 0 Å². The number of aliphatic hydroxyl groups excluding tert-OH is 1. The summed E-state index contributed by atoms with van der Waals surface area (Å²) in [5.41, 5.74) is 3.83. The summed E-state index contributed by atoms with van der Waals surface area (Å²) in [5, 5.41) is 28.0. The van der Waals surface area contributed by atoms with Gasteiger partial charge in [-0.15, -0.1) is 17.0 Å². The Morgan fingerprint density at radius 3 is 2.57 bits per heavy atom. The first-order valence-electron chi connectivity index (χ1n) is 12.3. The minimum absolute atomic E-state index is 0. The number of Topliss-reactive ketones (excluding diaryl/α,β-unsaturated/α-hetero) is 1. The van der Waals surface area contributed by atoms with Crippen LogP contribution < -0.4 is 9.64 Å². The number of rotatable bonds is 8. The number of hydrogen-bond acceptors (Lipinski definition) is 7. The molecule has 0 aliphatic carbocycles. The second-order valence-corrected chi connectivity index (χ2v) is 10.5. The first kappa shape index (κ1) is 28.6. The van der Waals surface area contributed by atoms with E-state index < -0.39 is 24.1 Å². The molecular weight excluding hydrogens is 540 g/mol. The van der Waals surface area contributed by atoms with Crippen LogP contribution in [0.2, 0.25) is 0 Å². The topological polar surface area (TPSA) is 127 Å². The minimum Gasteiger partial charge on any atom is -0.479 e. The molecule has 1 aromatic heterocycles. The average Bonchev–Trinajstić information content (AvgIpc) is 3.39. The second kappa shape index (κ2) is 11.2. The lowest BCUT2D eigenvalue weighted by Gasteiger charge is -2.29. The van der Waals surface area contributed by atoms with Gasteiger partial charge in [-0.25, -0.2) is 9.78 Å². The van der Waals surface area contributed by atoms with Crippen LogP contribution in [0.5, 0.6) is 5.75 Å². The lowest BCUT2D eigenvalue weighted by atomic mass is 9.84. The number of β-amino-alcohol motifs (C(OH)–C–C–N with tert-alkyl or cyclic N) is 1.